The van der Waals surface area contributed by atoms with Crippen LogP contribution in [-0.2, 0) is 12.7 Å². The lowest BCUT2D eigenvalue weighted by Gasteiger charge is -2.32. The van der Waals surface area contributed by atoms with Gasteiger partial charge in [-0.15, -0.1) is 0 Å². The molecule has 8 nitrogen and oxygen atoms in total. The number of nitrogens with one attached hydrogen (secondary N) is 1. The number of nitrogens with zero attached hydrogens (tertiary/aromatic N) is 4. The Hall–Kier alpha value is -3.96. The highest BCUT2D eigenvalue weighted by Gasteiger charge is 2.34. The van der Waals surface area contributed by atoms with E-state index in [-0.39, 0.29) is 29.7 Å². The fourth-order valence-electron chi connectivity index (χ4n) is 5.23. The van der Waals surface area contributed by atoms with Crippen molar-refractivity contribution in [1.82, 2.24) is 19.7 Å². The summed E-state index contributed by atoms with van der Waals surface area (Å²) in [7, 11) is 3.90. The van der Waals surface area contributed by atoms with Crippen LogP contribution < -0.4 is 10.1 Å². The zero-order valence-corrected chi connectivity index (χ0v) is 25.4. The van der Waals surface area contributed by atoms with Crippen molar-refractivity contribution >= 4 is 17.9 Å². The van der Waals surface area contributed by atoms with Gasteiger partial charge in [-0.1, -0.05) is 18.2 Å². The molecule has 2 aliphatic rings. The Morgan fingerprint density at radius 3 is 2.39 bits per heavy atom. The summed E-state index contributed by atoms with van der Waals surface area (Å²) >= 11 is 0. The van der Waals surface area contributed by atoms with E-state index in [4.69, 9.17) is 4.74 Å². The molecule has 2 aliphatic heterocycles. The Labute approximate surface area is 256 Å². The lowest BCUT2D eigenvalue weighted by Crippen LogP contribution is -2.44. The van der Waals surface area contributed by atoms with Crippen molar-refractivity contribution in [3.05, 3.63) is 88.7 Å². The zero-order valence-electron chi connectivity index (χ0n) is 25.4. The van der Waals surface area contributed by atoms with Gasteiger partial charge in [0, 0.05) is 95.4 Å². The van der Waals surface area contributed by atoms with Gasteiger partial charge in [0.25, 0.3) is 5.91 Å². The first-order valence-corrected chi connectivity index (χ1v) is 14.8. The van der Waals surface area contributed by atoms with Crippen LogP contribution in [0.5, 0.6) is 5.75 Å². The maximum absolute atomic E-state index is 13.0. The number of hydrogen-bond donors (Lipinski definition) is 1. The molecule has 1 aromatic heterocycles. The Morgan fingerprint density at radius 2 is 1.77 bits per heavy atom. The number of anilines is 1. The largest absolute Gasteiger partial charge is 0.490 e. The van der Waals surface area contributed by atoms with Crippen molar-refractivity contribution in [1.29, 1.82) is 0 Å². The van der Waals surface area contributed by atoms with E-state index in [1.165, 1.54) is 12.1 Å². The van der Waals surface area contributed by atoms with Crippen molar-refractivity contribution in [2.75, 3.05) is 58.7 Å². The Balaban J connectivity index is 0.000000204. The predicted octanol–water partition coefficient (Wildman–Crippen LogP) is 5.38. The minimum atomic E-state index is -4.43. The molecule has 0 radical (unpaired) electrons. The number of halogens is 3. The average Bonchev–Trinajstić information content (AvgIpc) is 3.03. The molecule has 236 valence electrons. The van der Waals surface area contributed by atoms with E-state index in [9.17, 15) is 22.8 Å². The molecule has 0 spiro atoms. The average molecular weight is 612 g/mol. The molecule has 1 amide bonds. The van der Waals surface area contributed by atoms with Gasteiger partial charge in [-0.05, 0) is 49.4 Å². The third kappa shape index (κ3) is 9.03. The van der Waals surface area contributed by atoms with Gasteiger partial charge in [0.15, 0.2) is 0 Å². The van der Waals surface area contributed by atoms with Crippen LogP contribution >= 0.6 is 0 Å². The smallest absolute Gasteiger partial charge is 0.416 e. The number of carbonyl (C=O) groups is 2. The van der Waals surface area contributed by atoms with Crippen LogP contribution in [0, 0.1) is 6.92 Å². The molecule has 0 saturated carbocycles. The monoisotopic (exact) mass is 611 g/mol. The Bertz CT molecular complexity index is 1390. The molecule has 2 saturated heterocycles. The van der Waals surface area contributed by atoms with Gasteiger partial charge < -0.3 is 19.9 Å². The number of aromatic nitrogens is 1. The van der Waals surface area contributed by atoms with Crippen LogP contribution in [0.1, 0.15) is 50.2 Å². The number of likely N-dealkylation sites (N-methyl/N-ethyl adjacent to an activating group) is 1. The number of aldehydes is 1. The molecule has 0 aliphatic carbocycles. The summed E-state index contributed by atoms with van der Waals surface area (Å²) in [5.41, 5.74) is 2.39. The number of likely N-dealkylation sites (tertiary alicyclic amines) is 1. The number of ether oxygens (including phenoxy) is 1. The molecule has 0 unspecified atom stereocenters. The summed E-state index contributed by atoms with van der Waals surface area (Å²) in [5, 5.41) is 3.13. The van der Waals surface area contributed by atoms with Gasteiger partial charge in [-0.2, -0.15) is 13.2 Å². The van der Waals surface area contributed by atoms with Gasteiger partial charge in [-0.25, -0.2) is 0 Å². The summed E-state index contributed by atoms with van der Waals surface area (Å²) in [4.78, 5) is 33.1. The Morgan fingerprint density at radius 1 is 1.05 bits per heavy atom. The number of benzene rings is 2. The number of alkyl halides is 3. The van der Waals surface area contributed by atoms with Crippen LogP contribution in [0.25, 0.3) is 0 Å². The van der Waals surface area contributed by atoms with E-state index in [1.807, 2.05) is 42.1 Å². The van der Waals surface area contributed by atoms with E-state index in [0.717, 1.165) is 62.1 Å². The highest BCUT2D eigenvalue weighted by molar-refractivity contribution is 5.93. The first kappa shape index (κ1) is 32.9. The lowest BCUT2D eigenvalue weighted by molar-refractivity contribution is -0.138. The quantitative estimate of drug-likeness (QED) is 0.360. The number of piperidine rings is 1. The molecule has 5 rings (SSSR count). The van der Waals surface area contributed by atoms with Crippen molar-refractivity contribution in [3.8, 4) is 5.75 Å². The fourth-order valence-corrected chi connectivity index (χ4v) is 5.23. The Kier molecular flexibility index (Phi) is 11.4. The maximum Gasteiger partial charge on any atom is 0.416 e. The molecule has 0 bridgehead atoms. The summed E-state index contributed by atoms with van der Waals surface area (Å²) in [5.74, 6) is 0.966. The number of amides is 1. The maximum atomic E-state index is 13.0. The SMILES string of the molecule is CN1CCN(Cc2ccc(C=O)cc2C(F)(F)F)CC1.CNc1ccc(C)c(OC2CCN(C(=O)c3cccnc3)CC2)c1. The van der Waals surface area contributed by atoms with E-state index < -0.39 is 11.7 Å². The number of carbonyl (C=O) groups excluding carboxylic acids is 2. The molecule has 44 heavy (non-hydrogen) atoms. The van der Waals surface area contributed by atoms with E-state index in [0.29, 0.717) is 24.9 Å². The van der Waals surface area contributed by atoms with Crippen LogP contribution in [0.15, 0.2) is 60.9 Å². The van der Waals surface area contributed by atoms with Crippen LogP contribution in [0.4, 0.5) is 18.9 Å². The summed E-state index contributed by atoms with van der Waals surface area (Å²) in [6.45, 7) is 6.96. The number of piperazine rings is 1. The van der Waals surface area contributed by atoms with Crippen LogP contribution in [0.3, 0.4) is 0 Å². The molecule has 2 aromatic carbocycles. The highest BCUT2D eigenvalue weighted by Crippen LogP contribution is 2.33. The molecule has 1 N–H and O–H groups in total. The first-order chi connectivity index (χ1) is 21.1. The normalized spacial score (nSPS) is 16.5. The van der Waals surface area contributed by atoms with Gasteiger partial charge >= 0.3 is 6.18 Å². The number of aryl methyl sites for hydroxylation is 1. The second-order valence-electron chi connectivity index (χ2n) is 11.2. The summed E-state index contributed by atoms with van der Waals surface area (Å²) < 4.78 is 45.3. The first-order valence-electron chi connectivity index (χ1n) is 14.8. The fraction of sp³-hybridized carbons (Fsp3) is 0.424. The highest BCUT2D eigenvalue weighted by atomic mass is 19.4. The minimum Gasteiger partial charge on any atom is -0.490 e. The van der Waals surface area contributed by atoms with Gasteiger partial charge in [-0.3, -0.25) is 19.5 Å². The number of rotatable bonds is 7. The van der Waals surface area contributed by atoms with Crippen molar-refractivity contribution in [2.45, 2.75) is 38.6 Å². The molecular formula is C33H40F3N5O3. The topological polar surface area (TPSA) is 78.0 Å². The second-order valence-corrected chi connectivity index (χ2v) is 11.2. The van der Waals surface area contributed by atoms with E-state index >= 15 is 0 Å². The standard InChI is InChI=1S/C19H23N3O2.C14H17F3N2O/c1-14-5-6-16(20-2)12-18(14)24-17-7-10-22(11-8-17)19(23)15-4-3-9-21-13-15;1-18-4-6-19(7-5-18)9-12-3-2-11(10-20)8-13(12)14(15,16)17/h3-6,9,12-13,17,20H,7-8,10-11H2,1-2H3;2-3,8,10H,4-7,9H2,1H3. The summed E-state index contributed by atoms with van der Waals surface area (Å²) in [6, 6.07) is 13.5. The van der Waals surface area contributed by atoms with E-state index in [1.54, 1.807) is 18.5 Å². The summed E-state index contributed by atoms with van der Waals surface area (Å²) in [6.07, 6.45) is 1.14. The van der Waals surface area contributed by atoms with Crippen molar-refractivity contribution in [3.63, 3.8) is 0 Å². The molecule has 3 aromatic rings. The zero-order chi connectivity index (χ0) is 31.7. The van der Waals surface area contributed by atoms with Crippen LogP contribution in [0.2, 0.25) is 0 Å². The van der Waals surface area contributed by atoms with Crippen molar-refractivity contribution < 1.29 is 27.5 Å². The number of pyridine rings is 1. The van der Waals surface area contributed by atoms with E-state index in [2.05, 4.69) is 28.2 Å². The molecule has 11 heteroatoms. The number of hydrogen-bond acceptors (Lipinski definition) is 7. The van der Waals surface area contributed by atoms with Gasteiger partial charge in [0.1, 0.15) is 18.1 Å². The lowest BCUT2D eigenvalue weighted by atomic mass is 10.0. The van der Waals surface area contributed by atoms with Crippen molar-refractivity contribution in [2.24, 2.45) is 0 Å². The predicted molar refractivity (Wildman–Crippen MR) is 164 cm³/mol. The van der Waals surface area contributed by atoms with Gasteiger partial charge in [0.2, 0.25) is 0 Å². The second kappa shape index (κ2) is 15.2. The van der Waals surface area contributed by atoms with Crippen LogP contribution in [-0.4, -0.2) is 91.3 Å². The third-order valence-electron chi connectivity index (χ3n) is 7.97. The third-order valence-corrected chi connectivity index (χ3v) is 7.97. The minimum absolute atomic E-state index is 0.0508. The molecule has 2 fully saturated rings. The molecular weight excluding hydrogens is 571 g/mol. The van der Waals surface area contributed by atoms with Gasteiger partial charge in [0.05, 0.1) is 11.1 Å². The molecule has 0 atom stereocenters. The molecule has 3 heterocycles.